The van der Waals surface area contributed by atoms with Crippen LogP contribution in [-0.4, -0.2) is 29.8 Å². The van der Waals surface area contributed by atoms with E-state index in [-0.39, 0.29) is 5.82 Å². The molecule has 0 aliphatic heterocycles. The van der Waals surface area contributed by atoms with E-state index in [4.69, 9.17) is 0 Å². The number of halogens is 1. The zero-order valence-electron chi connectivity index (χ0n) is 12.2. The molecule has 0 aliphatic rings. The van der Waals surface area contributed by atoms with Crippen LogP contribution < -0.4 is 5.32 Å². The first kappa shape index (κ1) is 15.6. The third kappa shape index (κ3) is 4.63. The molecule has 1 aromatic rings. The number of benzene rings is 1. The van der Waals surface area contributed by atoms with Crippen LogP contribution in [0, 0.1) is 5.82 Å². The Morgan fingerprint density at radius 1 is 1.32 bits per heavy atom. The molecule has 0 bridgehead atoms. The molecular weight excluding hydrogens is 243 g/mol. The standard InChI is InChI=1S/C15H23FN2O/c1-5-18(6-2)10-12-7-8-13(9-14(12)16)17-15(3,4)11-19/h7-9,11,17H,5-6,10H2,1-4H3. The zero-order valence-corrected chi connectivity index (χ0v) is 12.2. The largest absolute Gasteiger partial charge is 0.373 e. The average Bonchev–Trinajstić information content (AvgIpc) is 2.37. The Kier molecular flexibility index (Phi) is 5.48. The number of aldehydes is 1. The van der Waals surface area contributed by atoms with E-state index in [9.17, 15) is 9.18 Å². The molecule has 1 rings (SSSR count). The smallest absolute Gasteiger partial charge is 0.144 e. The lowest BCUT2D eigenvalue weighted by atomic mass is 10.1. The molecule has 0 spiro atoms. The fraction of sp³-hybridized carbons (Fsp3) is 0.533. The maximum Gasteiger partial charge on any atom is 0.144 e. The molecule has 0 amide bonds. The summed E-state index contributed by atoms with van der Waals surface area (Å²) in [4.78, 5) is 13.0. The highest BCUT2D eigenvalue weighted by Crippen LogP contribution is 2.19. The minimum Gasteiger partial charge on any atom is -0.373 e. The second-order valence-electron chi connectivity index (χ2n) is 5.23. The summed E-state index contributed by atoms with van der Waals surface area (Å²) in [6, 6.07) is 5.04. The second-order valence-corrected chi connectivity index (χ2v) is 5.23. The van der Waals surface area contributed by atoms with Crippen LogP contribution in [0.4, 0.5) is 10.1 Å². The molecule has 1 N–H and O–H groups in total. The van der Waals surface area contributed by atoms with Crippen molar-refractivity contribution < 1.29 is 9.18 Å². The fourth-order valence-electron chi connectivity index (χ4n) is 1.84. The van der Waals surface area contributed by atoms with Crippen molar-refractivity contribution in [2.75, 3.05) is 18.4 Å². The predicted molar refractivity (Wildman–Crippen MR) is 76.8 cm³/mol. The van der Waals surface area contributed by atoms with Gasteiger partial charge in [0.25, 0.3) is 0 Å². The van der Waals surface area contributed by atoms with Crippen LogP contribution in [0.15, 0.2) is 18.2 Å². The lowest BCUT2D eigenvalue weighted by molar-refractivity contribution is -0.110. The van der Waals surface area contributed by atoms with Gasteiger partial charge in [-0.15, -0.1) is 0 Å². The van der Waals surface area contributed by atoms with Gasteiger partial charge >= 0.3 is 0 Å². The molecule has 0 unspecified atom stereocenters. The fourth-order valence-corrected chi connectivity index (χ4v) is 1.84. The SMILES string of the molecule is CCN(CC)Cc1ccc(NC(C)(C)C=O)cc1F. The van der Waals surface area contributed by atoms with Crippen molar-refractivity contribution in [3.8, 4) is 0 Å². The van der Waals surface area contributed by atoms with Crippen LogP contribution in [-0.2, 0) is 11.3 Å². The summed E-state index contributed by atoms with van der Waals surface area (Å²) < 4.78 is 14.0. The van der Waals surface area contributed by atoms with Gasteiger partial charge in [-0.1, -0.05) is 19.9 Å². The second kappa shape index (κ2) is 6.66. The van der Waals surface area contributed by atoms with Crippen molar-refractivity contribution in [2.45, 2.75) is 39.8 Å². The molecule has 0 saturated carbocycles. The van der Waals surface area contributed by atoms with Gasteiger partial charge in [0.15, 0.2) is 0 Å². The van der Waals surface area contributed by atoms with Crippen LogP contribution in [0.1, 0.15) is 33.3 Å². The number of rotatable bonds is 7. The summed E-state index contributed by atoms with van der Waals surface area (Å²) in [5.74, 6) is -0.237. The van der Waals surface area contributed by atoms with Crippen molar-refractivity contribution in [1.29, 1.82) is 0 Å². The molecule has 0 aliphatic carbocycles. The van der Waals surface area contributed by atoms with Crippen LogP contribution in [0.5, 0.6) is 0 Å². The number of nitrogens with one attached hydrogen (secondary N) is 1. The van der Waals surface area contributed by atoms with Crippen molar-refractivity contribution in [2.24, 2.45) is 0 Å². The quantitative estimate of drug-likeness (QED) is 0.770. The molecule has 3 nitrogen and oxygen atoms in total. The highest BCUT2D eigenvalue weighted by Gasteiger charge is 2.16. The van der Waals surface area contributed by atoms with E-state index < -0.39 is 5.54 Å². The van der Waals surface area contributed by atoms with Gasteiger partial charge in [0.05, 0.1) is 5.54 Å². The summed E-state index contributed by atoms with van der Waals surface area (Å²) in [5, 5.41) is 3.00. The summed E-state index contributed by atoms with van der Waals surface area (Å²) in [6.45, 7) is 10.0. The third-order valence-corrected chi connectivity index (χ3v) is 3.10. The Labute approximate surface area is 114 Å². The van der Waals surface area contributed by atoms with Gasteiger partial charge in [-0.25, -0.2) is 4.39 Å². The molecule has 4 heteroatoms. The Morgan fingerprint density at radius 2 is 1.95 bits per heavy atom. The maximum absolute atomic E-state index is 14.0. The molecule has 0 aromatic heterocycles. The van der Waals surface area contributed by atoms with Gasteiger partial charge in [-0.05, 0) is 39.1 Å². The first-order chi connectivity index (χ1) is 8.91. The molecule has 19 heavy (non-hydrogen) atoms. The van der Waals surface area contributed by atoms with Crippen LogP contribution in [0.25, 0.3) is 0 Å². The third-order valence-electron chi connectivity index (χ3n) is 3.10. The molecule has 0 heterocycles. The summed E-state index contributed by atoms with van der Waals surface area (Å²) >= 11 is 0. The minimum absolute atomic E-state index is 0.237. The Morgan fingerprint density at radius 3 is 2.42 bits per heavy atom. The number of anilines is 1. The monoisotopic (exact) mass is 266 g/mol. The van der Waals surface area contributed by atoms with E-state index in [2.05, 4.69) is 24.1 Å². The number of hydrogen-bond donors (Lipinski definition) is 1. The van der Waals surface area contributed by atoms with Crippen molar-refractivity contribution in [3.63, 3.8) is 0 Å². The van der Waals surface area contributed by atoms with Crippen molar-refractivity contribution >= 4 is 12.0 Å². The van der Waals surface area contributed by atoms with Crippen molar-refractivity contribution in [3.05, 3.63) is 29.6 Å². The van der Waals surface area contributed by atoms with Crippen molar-refractivity contribution in [1.82, 2.24) is 4.90 Å². The van der Waals surface area contributed by atoms with E-state index in [0.717, 1.165) is 19.4 Å². The van der Waals surface area contributed by atoms with E-state index in [0.29, 0.717) is 17.8 Å². The highest BCUT2D eigenvalue weighted by molar-refractivity contribution is 5.69. The molecule has 0 saturated heterocycles. The Bertz CT molecular complexity index is 428. The summed E-state index contributed by atoms with van der Waals surface area (Å²) in [5.41, 5.74) is 0.614. The summed E-state index contributed by atoms with van der Waals surface area (Å²) in [7, 11) is 0. The molecule has 1 aromatic carbocycles. The predicted octanol–water partition coefficient (Wildman–Crippen LogP) is 3.06. The van der Waals surface area contributed by atoms with Gasteiger partial charge in [-0.3, -0.25) is 4.90 Å². The van der Waals surface area contributed by atoms with Crippen LogP contribution in [0.2, 0.25) is 0 Å². The first-order valence-electron chi connectivity index (χ1n) is 6.67. The first-order valence-corrected chi connectivity index (χ1v) is 6.67. The molecule has 0 atom stereocenters. The number of carbonyl (C=O) groups excluding carboxylic acids is 1. The Hall–Kier alpha value is -1.42. The number of carbonyl (C=O) groups is 1. The van der Waals surface area contributed by atoms with E-state index in [1.165, 1.54) is 6.07 Å². The maximum atomic E-state index is 14.0. The van der Waals surface area contributed by atoms with Crippen LogP contribution in [0.3, 0.4) is 0 Å². The van der Waals surface area contributed by atoms with E-state index in [1.54, 1.807) is 19.9 Å². The van der Waals surface area contributed by atoms with E-state index >= 15 is 0 Å². The lowest BCUT2D eigenvalue weighted by Gasteiger charge is -2.22. The zero-order chi connectivity index (χ0) is 14.5. The molecule has 0 fully saturated rings. The number of hydrogen-bond acceptors (Lipinski definition) is 3. The van der Waals surface area contributed by atoms with Gasteiger partial charge in [0, 0.05) is 17.8 Å². The molecule has 106 valence electrons. The topological polar surface area (TPSA) is 32.3 Å². The van der Waals surface area contributed by atoms with Crippen LogP contribution >= 0.6 is 0 Å². The molecular formula is C15H23FN2O. The van der Waals surface area contributed by atoms with Gasteiger partial charge in [-0.2, -0.15) is 0 Å². The Balaban J connectivity index is 2.82. The lowest BCUT2D eigenvalue weighted by Crippen LogP contribution is -2.32. The molecule has 0 radical (unpaired) electrons. The van der Waals surface area contributed by atoms with Gasteiger partial charge in [0.1, 0.15) is 12.1 Å². The highest BCUT2D eigenvalue weighted by atomic mass is 19.1. The van der Waals surface area contributed by atoms with E-state index in [1.807, 2.05) is 6.07 Å². The average molecular weight is 266 g/mol. The normalized spacial score (nSPS) is 11.7. The number of nitrogens with zero attached hydrogens (tertiary/aromatic N) is 1. The minimum atomic E-state index is -0.688. The van der Waals surface area contributed by atoms with Gasteiger partial charge < -0.3 is 10.1 Å². The van der Waals surface area contributed by atoms with Gasteiger partial charge in [0.2, 0.25) is 0 Å². The summed E-state index contributed by atoms with van der Waals surface area (Å²) in [6.07, 6.45) is 0.814.